The number of halogens is 1. The first-order valence-corrected chi connectivity index (χ1v) is 7.48. The topological polar surface area (TPSA) is 59.0 Å². The number of piperidine rings is 1. The van der Waals surface area contributed by atoms with E-state index in [0.29, 0.717) is 16.9 Å². The Morgan fingerprint density at radius 1 is 1.45 bits per heavy atom. The lowest BCUT2D eigenvalue weighted by atomic mass is 10.1. The van der Waals surface area contributed by atoms with Crippen molar-refractivity contribution in [1.82, 2.24) is 20.4 Å². The number of hydrogen-bond acceptors (Lipinski definition) is 3. The van der Waals surface area contributed by atoms with Crippen LogP contribution in [0.1, 0.15) is 28.9 Å². The lowest BCUT2D eigenvalue weighted by molar-refractivity contribution is 0.0930. The molecule has 22 heavy (non-hydrogen) atoms. The Bertz CT molecular complexity index is 677. The molecule has 0 bridgehead atoms. The quantitative estimate of drug-likeness (QED) is 0.909. The smallest absolute Gasteiger partial charge is 0.255 e. The van der Waals surface area contributed by atoms with Gasteiger partial charge in [0.25, 0.3) is 5.91 Å². The van der Waals surface area contributed by atoms with E-state index in [4.69, 9.17) is 0 Å². The third-order valence-electron chi connectivity index (χ3n) is 3.97. The first-order chi connectivity index (χ1) is 10.7. The Hall–Kier alpha value is -2.21. The van der Waals surface area contributed by atoms with Gasteiger partial charge in [-0.1, -0.05) is 12.1 Å². The number of amides is 1. The largest absolute Gasteiger partial charge is 0.348 e. The number of carbonyl (C=O) groups excluding carboxylic acids is 1. The highest BCUT2D eigenvalue weighted by atomic mass is 19.1. The molecule has 0 spiro atoms. The first-order valence-electron chi connectivity index (χ1n) is 7.48. The molecule has 1 atom stereocenters. The van der Waals surface area contributed by atoms with Crippen LogP contribution < -0.4 is 10.6 Å². The lowest BCUT2D eigenvalue weighted by Gasteiger charge is -2.23. The number of carbonyl (C=O) groups is 1. The van der Waals surface area contributed by atoms with Crippen molar-refractivity contribution >= 4 is 5.91 Å². The minimum absolute atomic E-state index is 0.137. The molecule has 1 fully saturated rings. The van der Waals surface area contributed by atoms with Gasteiger partial charge < -0.3 is 10.6 Å². The fraction of sp³-hybridized carbons (Fsp3) is 0.375. The highest BCUT2D eigenvalue weighted by Gasteiger charge is 2.20. The molecular formula is C16H19FN4O. The van der Waals surface area contributed by atoms with Crippen molar-refractivity contribution in [2.24, 2.45) is 0 Å². The summed E-state index contributed by atoms with van der Waals surface area (Å²) in [5.41, 5.74) is 1.46. The summed E-state index contributed by atoms with van der Waals surface area (Å²) in [4.78, 5) is 12.4. The van der Waals surface area contributed by atoms with E-state index >= 15 is 0 Å². The summed E-state index contributed by atoms with van der Waals surface area (Å²) in [5.74, 6) is -0.522. The molecule has 2 aromatic rings. The van der Waals surface area contributed by atoms with Gasteiger partial charge in [0.1, 0.15) is 11.5 Å². The molecule has 1 amide bonds. The van der Waals surface area contributed by atoms with Gasteiger partial charge >= 0.3 is 0 Å². The molecule has 2 heterocycles. The van der Waals surface area contributed by atoms with E-state index in [1.54, 1.807) is 25.1 Å². The third-order valence-corrected chi connectivity index (χ3v) is 3.97. The molecule has 1 saturated heterocycles. The molecular weight excluding hydrogens is 283 g/mol. The van der Waals surface area contributed by atoms with E-state index in [1.165, 1.54) is 16.9 Å². The summed E-state index contributed by atoms with van der Waals surface area (Å²) in [7, 11) is 0. The number of nitrogens with zero attached hydrogens (tertiary/aromatic N) is 2. The molecule has 0 aliphatic carbocycles. The Labute approximate surface area is 128 Å². The molecule has 5 nitrogen and oxygen atoms in total. The van der Waals surface area contributed by atoms with Crippen LogP contribution in [0.4, 0.5) is 4.39 Å². The summed E-state index contributed by atoms with van der Waals surface area (Å²) in [6, 6.07) is 6.53. The first kappa shape index (κ1) is 14.7. The van der Waals surface area contributed by atoms with Crippen molar-refractivity contribution in [3.05, 3.63) is 47.5 Å². The summed E-state index contributed by atoms with van der Waals surface area (Å²) >= 11 is 0. The van der Waals surface area contributed by atoms with Gasteiger partial charge in [-0.05, 0) is 38.4 Å². The van der Waals surface area contributed by atoms with Crippen molar-refractivity contribution < 1.29 is 9.18 Å². The minimum Gasteiger partial charge on any atom is -0.348 e. The number of hydrogen-bond donors (Lipinski definition) is 2. The van der Waals surface area contributed by atoms with Crippen molar-refractivity contribution in [3.8, 4) is 5.69 Å². The Morgan fingerprint density at radius 2 is 2.27 bits per heavy atom. The lowest BCUT2D eigenvalue weighted by Crippen LogP contribution is -2.45. The fourth-order valence-electron chi connectivity index (χ4n) is 2.74. The second-order valence-electron chi connectivity index (χ2n) is 5.52. The van der Waals surface area contributed by atoms with Gasteiger partial charge in [0.2, 0.25) is 0 Å². The van der Waals surface area contributed by atoms with Crippen molar-refractivity contribution in [3.63, 3.8) is 0 Å². The second-order valence-corrected chi connectivity index (χ2v) is 5.52. The minimum atomic E-state index is -0.364. The third kappa shape index (κ3) is 2.87. The molecule has 6 heteroatoms. The summed E-state index contributed by atoms with van der Waals surface area (Å²) < 4.78 is 15.3. The maximum absolute atomic E-state index is 13.9. The molecule has 116 valence electrons. The average Bonchev–Trinajstić information content (AvgIpc) is 2.90. The van der Waals surface area contributed by atoms with Crippen LogP contribution in [0.3, 0.4) is 0 Å². The summed E-state index contributed by atoms with van der Waals surface area (Å²) in [6.45, 7) is 3.55. The zero-order chi connectivity index (χ0) is 15.5. The van der Waals surface area contributed by atoms with Crippen LogP contribution >= 0.6 is 0 Å². The molecule has 1 aliphatic heterocycles. The Balaban J connectivity index is 1.81. The number of nitrogens with one attached hydrogen (secondary N) is 2. The van der Waals surface area contributed by atoms with Crippen LogP contribution in [-0.2, 0) is 0 Å². The number of para-hydroxylation sites is 1. The zero-order valence-corrected chi connectivity index (χ0v) is 12.5. The number of aromatic nitrogens is 2. The van der Waals surface area contributed by atoms with Gasteiger partial charge in [-0.3, -0.25) is 4.79 Å². The highest BCUT2D eigenvalue weighted by molar-refractivity contribution is 5.95. The average molecular weight is 302 g/mol. The second kappa shape index (κ2) is 6.27. The number of rotatable bonds is 3. The van der Waals surface area contributed by atoms with Gasteiger partial charge in [-0.25, -0.2) is 9.07 Å². The molecule has 1 unspecified atom stereocenters. The standard InChI is InChI=1S/C16H19FN4O/c1-11-13(16(22)20-12-5-4-8-18-9-12)10-19-21(11)15-7-3-2-6-14(15)17/h2-3,6-7,10,12,18H,4-5,8-9H2,1H3,(H,20,22). The van der Waals surface area contributed by atoms with E-state index in [1.807, 2.05) is 0 Å². The van der Waals surface area contributed by atoms with Crippen molar-refractivity contribution in [2.75, 3.05) is 13.1 Å². The van der Waals surface area contributed by atoms with E-state index in [2.05, 4.69) is 15.7 Å². The van der Waals surface area contributed by atoms with E-state index in [-0.39, 0.29) is 17.8 Å². The van der Waals surface area contributed by atoms with Gasteiger partial charge in [-0.2, -0.15) is 5.10 Å². The molecule has 1 aliphatic rings. The van der Waals surface area contributed by atoms with Crippen LogP contribution in [0.15, 0.2) is 30.5 Å². The van der Waals surface area contributed by atoms with Crippen LogP contribution in [-0.4, -0.2) is 34.8 Å². The van der Waals surface area contributed by atoms with Crippen LogP contribution in [0.2, 0.25) is 0 Å². The maximum atomic E-state index is 13.9. The van der Waals surface area contributed by atoms with E-state index in [9.17, 15) is 9.18 Å². The molecule has 0 radical (unpaired) electrons. The molecule has 3 rings (SSSR count). The molecule has 0 saturated carbocycles. The monoisotopic (exact) mass is 302 g/mol. The van der Waals surface area contributed by atoms with Crippen LogP contribution in [0.25, 0.3) is 5.69 Å². The summed E-state index contributed by atoms with van der Waals surface area (Å²) in [5, 5.41) is 10.4. The normalized spacial score (nSPS) is 18.2. The van der Waals surface area contributed by atoms with Gasteiger partial charge in [0.05, 0.1) is 17.5 Å². The Kier molecular flexibility index (Phi) is 4.20. The number of benzene rings is 1. The molecule has 2 N–H and O–H groups in total. The maximum Gasteiger partial charge on any atom is 0.255 e. The fourth-order valence-corrected chi connectivity index (χ4v) is 2.74. The summed E-state index contributed by atoms with van der Waals surface area (Å²) in [6.07, 6.45) is 3.52. The van der Waals surface area contributed by atoms with Gasteiger partial charge in [-0.15, -0.1) is 0 Å². The Morgan fingerprint density at radius 3 is 3.00 bits per heavy atom. The van der Waals surface area contributed by atoms with Gasteiger partial charge in [0.15, 0.2) is 0 Å². The SMILES string of the molecule is Cc1c(C(=O)NC2CCCNC2)cnn1-c1ccccc1F. The van der Waals surface area contributed by atoms with Crippen molar-refractivity contribution in [2.45, 2.75) is 25.8 Å². The van der Waals surface area contributed by atoms with E-state index in [0.717, 1.165) is 25.9 Å². The van der Waals surface area contributed by atoms with Crippen molar-refractivity contribution in [1.29, 1.82) is 0 Å². The zero-order valence-electron chi connectivity index (χ0n) is 12.5. The van der Waals surface area contributed by atoms with E-state index < -0.39 is 0 Å². The van der Waals surface area contributed by atoms with Crippen LogP contribution in [0, 0.1) is 12.7 Å². The van der Waals surface area contributed by atoms with Gasteiger partial charge in [0, 0.05) is 12.6 Å². The highest BCUT2D eigenvalue weighted by Crippen LogP contribution is 2.17. The molecule has 1 aromatic carbocycles. The predicted octanol–water partition coefficient (Wildman–Crippen LogP) is 1.80. The molecule has 1 aromatic heterocycles. The van der Waals surface area contributed by atoms with Crippen LogP contribution in [0.5, 0.6) is 0 Å². The predicted molar refractivity (Wildman–Crippen MR) is 81.6 cm³/mol.